The fourth-order valence-corrected chi connectivity index (χ4v) is 3.36. The van der Waals surface area contributed by atoms with E-state index in [4.69, 9.17) is 11.5 Å². The van der Waals surface area contributed by atoms with Crippen molar-refractivity contribution in [3.05, 3.63) is 30.7 Å². The fraction of sp³-hybridized carbons (Fsp3) is 0.250. The Hall–Kier alpha value is -3.16. The number of pyridine rings is 1. The molecule has 1 fully saturated rings. The largest absolute Gasteiger partial charge is 0.368 e. The highest BCUT2D eigenvalue weighted by atomic mass is 16.1. The Kier molecular flexibility index (Phi) is 3.30. The number of nitrogens with two attached hydrogens (primary N) is 2. The van der Waals surface area contributed by atoms with Crippen LogP contribution in [0.4, 0.5) is 11.6 Å². The zero-order valence-corrected chi connectivity index (χ0v) is 12.9. The van der Waals surface area contributed by atoms with E-state index in [1.54, 1.807) is 18.5 Å². The van der Waals surface area contributed by atoms with Gasteiger partial charge in [0.05, 0.1) is 16.8 Å². The molecule has 5 N–H and O–H groups in total. The monoisotopic (exact) mass is 323 g/mol. The molecule has 0 spiro atoms. The summed E-state index contributed by atoms with van der Waals surface area (Å²) in [5.41, 5.74) is 14.5. The summed E-state index contributed by atoms with van der Waals surface area (Å²) in [4.78, 5) is 29.6. The van der Waals surface area contributed by atoms with Crippen molar-refractivity contribution in [2.45, 2.75) is 18.9 Å². The second-order valence-electron chi connectivity index (χ2n) is 5.81. The van der Waals surface area contributed by atoms with E-state index < -0.39 is 0 Å². The number of nitrogens with one attached hydrogen (secondary N) is 1. The number of anilines is 2. The van der Waals surface area contributed by atoms with Gasteiger partial charge in [-0.05, 0) is 25.0 Å². The van der Waals surface area contributed by atoms with E-state index in [-0.39, 0.29) is 17.9 Å². The first-order valence-electron chi connectivity index (χ1n) is 7.76. The normalized spacial score (nSPS) is 17.5. The fourth-order valence-electron chi connectivity index (χ4n) is 3.36. The Morgan fingerprint density at radius 2 is 2.12 bits per heavy atom. The first-order chi connectivity index (χ1) is 11.6. The summed E-state index contributed by atoms with van der Waals surface area (Å²) in [6.07, 6.45) is 6.88. The summed E-state index contributed by atoms with van der Waals surface area (Å²) in [6.45, 7) is 0.781. The van der Waals surface area contributed by atoms with Crippen LogP contribution in [-0.4, -0.2) is 38.4 Å². The molecule has 0 saturated carbocycles. The van der Waals surface area contributed by atoms with E-state index in [0.29, 0.717) is 5.69 Å². The summed E-state index contributed by atoms with van der Waals surface area (Å²) < 4.78 is 0. The number of carbonyl (C=O) groups excluding carboxylic acids is 1. The number of nitrogens with zero attached hydrogens (tertiary/aromatic N) is 4. The van der Waals surface area contributed by atoms with E-state index in [2.05, 4.69) is 19.9 Å². The van der Waals surface area contributed by atoms with E-state index in [1.165, 1.54) is 0 Å². The van der Waals surface area contributed by atoms with Gasteiger partial charge in [0.15, 0.2) is 0 Å². The van der Waals surface area contributed by atoms with Crippen LogP contribution < -0.4 is 16.4 Å². The highest BCUT2D eigenvalue weighted by Crippen LogP contribution is 2.37. The number of rotatable bonds is 3. The highest BCUT2D eigenvalue weighted by molar-refractivity contribution is 6.03. The molecule has 0 radical (unpaired) electrons. The molecule has 1 atom stereocenters. The second kappa shape index (κ2) is 5.48. The van der Waals surface area contributed by atoms with Gasteiger partial charge in [-0.2, -0.15) is 0 Å². The van der Waals surface area contributed by atoms with Gasteiger partial charge in [-0.15, -0.1) is 0 Å². The molecule has 3 aromatic rings. The molecule has 3 aromatic heterocycles. The van der Waals surface area contributed by atoms with Crippen LogP contribution in [0.25, 0.3) is 22.3 Å². The lowest BCUT2D eigenvalue weighted by molar-refractivity contribution is -0.119. The lowest BCUT2D eigenvalue weighted by Crippen LogP contribution is -2.40. The number of amides is 1. The molecule has 8 heteroatoms. The minimum atomic E-state index is -0.305. The summed E-state index contributed by atoms with van der Waals surface area (Å²) in [5, 5.41) is 0.906. The number of H-pyrrole nitrogens is 1. The van der Waals surface area contributed by atoms with Crippen LogP contribution >= 0.6 is 0 Å². The minimum absolute atomic E-state index is 0.212. The molecule has 0 aliphatic carbocycles. The van der Waals surface area contributed by atoms with Gasteiger partial charge < -0.3 is 21.4 Å². The second-order valence-corrected chi connectivity index (χ2v) is 5.81. The van der Waals surface area contributed by atoms with Crippen molar-refractivity contribution in [1.82, 2.24) is 19.9 Å². The van der Waals surface area contributed by atoms with Gasteiger partial charge in [0.2, 0.25) is 11.9 Å². The summed E-state index contributed by atoms with van der Waals surface area (Å²) >= 11 is 0. The number of carbonyl (C=O) groups is 1. The van der Waals surface area contributed by atoms with Crippen LogP contribution in [0.5, 0.6) is 0 Å². The third-order valence-electron chi connectivity index (χ3n) is 4.39. The smallest absolute Gasteiger partial charge is 0.240 e. The Balaban J connectivity index is 1.91. The average molecular weight is 323 g/mol. The van der Waals surface area contributed by atoms with E-state index in [0.717, 1.165) is 41.7 Å². The molecule has 1 aliphatic rings. The first kappa shape index (κ1) is 14.4. The van der Waals surface area contributed by atoms with Crippen molar-refractivity contribution >= 4 is 28.6 Å². The van der Waals surface area contributed by atoms with Crippen molar-refractivity contribution in [3.8, 4) is 11.3 Å². The zero-order chi connectivity index (χ0) is 16.7. The molecular formula is C16H17N7O. The predicted molar refractivity (Wildman–Crippen MR) is 91.1 cm³/mol. The predicted octanol–water partition coefficient (Wildman–Crippen LogP) is 1.06. The quantitative estimate of drug-likeness (QED) is 0.661. The Morgan fingerprint density at radius 3 is 2.92 bits per heavy atom. The number of hydrogen-bond acceptors (Lipinski definition) is 6. The van der Waals surface area contributed by atoms with Gasteiger partial charge in [-0.1, -0.05) is 0 Å². The summed E-state index contributed by atoms with van der Waals surface area (Å²) in [5.74, 6) is -0.0932. The van der Waals surface area contributed by atoms with Crippen LogP contribution in [0.2, 0.25) is 0 Å². The van der Waals surface area contributed by atoms with Gasteiger partial charge in [-0.25, -0.2) is 15.0 Å². The Labute approximate surface area is 137 Å². The van der Waals surface area contributed by atoms with Crippen molar-refractivity contribution in [1.29, 1.82) is 0 Å². The number of aromatic nitrogens is 4. The SMILES string of the molecule is NC(=O)[C@@H]1CCCN1c1ccnc2[nH]cc(-c3ccnc(N)n3)c12. The van der Waals surface area contributed by atoms with E-state index in [9.17, 15) is 4.79 Å². The van der Waals surface area contributed by atoms with Crippen molar-refractivity contribution in [2.24, 2.45) is 5.73 Å². The maximum Gasteiger partial charge on any atom is 0.240 e. The Bertz CT molecular complexity index is 920. The van der Waals surface area contributed by atoms with Crippen LogP contribution in [0.1, 0.15) is 12.8 Å². The molecule has 4 heterocycles. The van der Waals surface area contributed by atoms with Gasteiger partial charge in [0.25, 0.3) is 0 Å². The van der Waals surface area contributed by atoms with E-state index in [1.807, 2.05) is 17.2 Å². The van der Waals surface area contributed by atoms with Crippen LogP contribution in [-0.2, 0) is 4.79 Å². The zero-order valence-electron chi connectivity index (χ0n) is 12.9. The molecule has 0 bridgehead atoms. The molecule has 24 heavy (non-hydrogen) atoms. The number of fused-ring (bicyclic) bond motifs is 1. The molecule has 0 unspecified atom stereocenters. The van der Waals surface area contributed by atoms with Crippen LogP contribution in [0, 0.1) is 0 Å². The maximum absolute atomic E-state index is 11.8. The summed E-state index contributed by atoms with van der Waals surface area (Å²) in [7, 11) is 0. The third kappa shape index (κ3) is 2.23. The van der Waals surface area contributed by atoms with Gasteiger partial charge in [0, 0.05) is 30.7 Å². The molecule has 122 valence electrons. The van der Waals surface area contributed by atoms with Crippen LogP contribution in [0.15, 0.2) is 30.7 Å². The number of hydrogen-bond donors (Lipinski definition) is 3. The van der Waals surface area contributed by atoms with Gasteiger partial charge >= 0.3 is 0 Å². The minimum Gasteiger partial charge on any atom is -0.368 e. The van der Waals surface area contributed by atoms with Gasteiger partial charge in [-0.3, -0.25) is 4.79 Å². The third-order valence-corrected chi connectivity index (χ3v) is 4.39. The van der Waals surface area contributed by atoms with Crippen molar-refractivity contribution < 1.29 is 4.79 Å². The first-order valence-corrected chi connectivity index (χ1v) is 7.76. The van der Waals surface area contributed by atoms with Crippen molar-refractivity contribution in [2.75, 3.05) is 17.2 Å². The number of nitrogen functional groups attached to an aromatic ring is 1. The molecule has 4 rings (SSSR count). The maximum atomic E-state index is 11.8. The van der Waals surface area contributed by atoms with Crippen LogP contribution in [0.3, 0.4) is 0 Å². The number of primary amides is 1. The summed E-state index contributed by atoms with van der Waals surface area (Å²) in [6, 6.07) is 3.41. The molecule has 1 saturated heterocycles. The lowest BCUT2D eigenvalue weighted by Gasteiger charge is -2.25. The topological polar surface area (TPSA) is 127 Å². The van der Waals surface area contributed by atoms with Crippen molar-refractivity contribution in [3.63, 3.8) is 0 Å². The standard InChI is InChI=1S/C16H17N7O/c17-14(24)12-2-1-7-23(12)11-4-6-19-15-13(11)9(8-21-15)10-3-5-20-16(18)22-10/h3-6,8,12H,1-2,7H2,(H2,17,24)(H,19,21)(H2,18,20,22)/t12-/m0/s1. The average Bonchev–Trinajstić information content (AvgIpc) is 3.21. The molecule has 8 nitrogen and oxygen atoms in total. The number of aromatic amines is 1. The van der Waals surface area contributed by atoms with Gasteiger partial charge in [0.1, 0.15) is 11.7 Å². The Morgan fingerprint density at radius 1 is 1.29 bits per heavy atom. The van der Waals surface area contributed by atoms with E-state index >= 15 is 0 Å². The molecular weight excluding hydrogens is 306 g/mol. The highest BCUT2D eigenvalue weighted by Gasteiger charge is 2.31. The molecule has 1 aliphatic heterocycles. The molecule has 1 amide bonds. The lowest BCUT2D eigenvalue weighted by atomic mass is 10.1. The molecule has 0 aromatic carbocycles.